The van der Waals surface area contributed by atoms with E-state index in [1.807, 2.05) is 13.8 Å². The lowest BCUT2D eigenvalue weighted by molar-refractivity contribution is 0.0934. The third kappa shape index (κ3) is 4.13. The van der Waals surface area contributed by atoms with Crippen LogP contribution in [0, 0.1) is 5.41 Å². The fourth-order valence-electron chi connectivity index (χ4n) is 5.11. The lowest BCUT2D eigenvalue weighted by atomic mass is 9.69. The van der Waals surface area contributed by atoms with Crippen molar-refractivity contribution < 1.29 is 14.6 Å². The molecular formula is C24H37NO3. The summed E-state index contributed by atoms with van der Waals surface area (Å²) in [7, 11) is 1.72. The van der Waals surface area contributed by atoms with Gasteiger partial charge >= 0.3 is 0 Å². The number of ether oxygens (including phenoxy) is 2. The molecule has 4 nitrogen and oxygen atoms in total. The van der Waals surface area contributed by atoms with Gasteiger partial charge in [0.2, 0.25) is 0 Å². The van der Waals surface area contributed by atoms with Gasteiger partial charge in [0.25, 0.3) is 0 Å². The maximum absolute atomic E-state index is 11.2. The topological polar surface area (TPSA) is 51.6 Å². The van der Waals surface area contributed by atoms with Crippen LogP contribution in [0.25, 0.3) is 5.76 Å². The van der Waals surface area contributed by atoms with Crippen molar-refractivity contribution in [1.82, 2.24) is 4.98 Å². The number of nitrogens with zero attached hydrogens (tertiary/aromatic N) is 1. The van der Waals surface area contributed by atoms with E-state index >= 15 is 0 Å². The predicted octanol–water partition coefficient (Wildman–Crippen LogP) is 5.85. The van der Waals surface area contributed by atoms with Gasteiger partial charge in [0.1, 0.15) is 5.76 Å². The highest BCUT2D eigenvalue weighted by molar-refractivity contribution is 5.67. The van der Waals surface area contributed by atoms with Gasteiger partial charge in [0, 0.05) is 23.9 Å². The minimum absolute atomic E-state index is 0.0370. The number of aliphatic hydroxyl groups is 1. The van der Waals surface area contributed by atoms with Crippen molar-refractivity contribution in [2.45, 2.75) is 90.8 Å². The van der Waals surface area contributed by atoms with Gasteiger partial charge in [-0.15, -0.1) is 0 Å². The van der Waals surface area contributed by atoms with Gasteiger partial charge in [-0.05, 0) is 56.4 Å². The van der Waals surface area contributed by atoms with E-state index in [2.05, 4.69) is 20.4 Å². The Balaban J connectivity index is 2.28. The van der Waals surface area contributed by atoms with Crippen molar-refractivity contribution in [3.63, 3.8) is 0 Å². The SMILES string of the molecule is C=C(OCC)c1c(C(C)OC)nc2c(c1C1CCCCC1)[C@@H](O)CC(C)(C)C2. The van der Waals surface area contributed by atoms with Gasteiger partial charge in [-0.1, -0.05) is 39.7 Å². The second-order valence-corrected chi connectivity index (χ2v) is 9.28. The summed E-state index contributed by atoms with van der Waals surface area (Å²) in [6.07, 6.45) is 7.08. The smallest absolute Gasteiger partial charge is 0.121 e. The number of methoxy groups -OCH3 is 1. The Kier molecular flexibility index (Phi) is 6.51. The molecule has 0 saturated heterocycles. The number of pyridine rings is 1. The zero-order valence-electron chi connectivity index (χ0n) is 18.3. The lowest BCUT2D eigenvalue weighted by Crippen LogP contribution is -2.30. The molecule has 0 aromatic carbocycles. The third-order valence-corrected chi connectivity index (χ3v) is 6.46. The van der Waals surface area contributed by atoms with Crippen molar-refractivity contribution in [3.05, 3.63) is 34.7 Å². The van der Waals surface area contributed by atoms with E-state index in [1.54, 1.807) is 7.11 Å². The Morgan fingerprint density at radius 3 is 2.54 bits per heavy atom. The first-order valence-corrected chi connectivity index (χ1v) is 10.9. The summed E-state index contributed by atoms with van der Waals surface area (Å²) in [5.74, 6) is 1.09. The molecule has 1 fully saturated rings. The number of aliphatic hydroxyl groups excluding tert-OH is 1. The molecule has 0 bridgehead atoms. The van der Waals surface area contributed by atoms with E-state index < -0.39 is 6.10 Å². The molecule has 1 N–H and O–H groups in total. The quantitative estimate of drug-likeness (QED) is 0.622. The van der Waals surface area contributed by atoms with Gasteiger partial charge in [-0.2, -0.15) is 0 Å². The van der Waals surface area contributed by atoms with E-state index in [0.29, 0.717) is 18.3 Å². The summed E-state index contributed by atoms with van der Waals surface area (Å²) in [6, 6.07) is 0. The van der Waals surface area contributed by atoms with Crippen molar-refractivity contribution in [1.29, 1.82) is 0 Å². The molecule has 2 aliphatic carbocycles. The highest BCUT2D eigenvalue weighted by Gasteiger charge is 2.38. The van der Waals surface area contributed by atoms with E-state index in [1.165, 1.54) is 24.8 Å². The number of hydrogen-bond acceptors (Lipinski definition) is 4. The molecule has 0 spiro atoms. The van der Waals surface area contributed by atoms with Crippen molar-refractivity contribution in [3.8, 4) is 0 Å². The van der Waals surface area contributed by atoms with Crippen LogP contribution in [-0.2, 0) is 15.9 Å². The minimum Gasteiger partial charge on any atom is -0.494 e. The fraction of sp³-hybridized carbons (Fsp3) is 0.708. The summed E-state index contributed by atoms with van der Waals surface area (Å²) in [5, 5.41) is 11.2. The molecule has 1 aromatic heterocycles. The first-order valence-electron chi connectivity index (χ1n) is 10.9. The molecule has 156 valence electrons. The number of hydrogen-bond donors (Lipinski definition) is 1. The van der Waals surface area contributed by atoms with Gasteiger partial charge < -0.3 is 14.6 Å². The Labute approximate surface area is 170 Å². The fourth-order valence-corrected chi connectivity index (χ4v) is 5.11. The molecule has 1 unspecified atom stereocenters. The maximum atomic E-state index is 11.2. The second-order valence-electron chi connectivity index (χ2n) is 9.28. The molecule has 1 heterocycles. The molecule has 4 heteroatoms. The molecule has 3 rings (SSSR count). The van der Waals surface area contributed by atoms with Crippen LogP contribution in [0.15, 0.2) is 6.58 Å². The Morgan fingerprint density at radius 1 is 1.25 bits per heavy atom. The molecule has 1 saturated carbocycles. The number of fused-ring (bicyclic) bond motifs is 1. The molecular weight excluding hydrogens is 350 g/mol. The summed E-state index contributed by atoms with van der Waals surface area (Å²) in [6.45, 7) is 13.3. The maximum Gasteiger partial charge on any atom is 0.121 e. The molecule has 0 radical (unpaired) electrons. The molecule has 0 amide bonds. The van der Waals surface area contributed by atoms with Crippen LogP contribution in [0.4, 0.5) is 0 Å². The molecule has 0 aliphatic heterocycles. The van der Waals surface area contributed by atoms with E-state index in [0.717, 1.165) is 48.2 Å². The summed E-state index contributed by atoms with van der Waals surface area (Å²) in [5.41, 5.74) is 5.26. The summed E-state index contributed by atoms with van der Waals surface area (Å²) < 4.78 is 11.6. The van der Waals surface area contributed by atoms with Crippen LogP contribution in [0.5, 0.6) is 0 Å². The average molecular weight is 388 g/mol. The summed E-state index contributed by atoms with van der Waals surface area (Å²) in [4.78, 5) is 5.06. The van der Waals surface area contributed by atoms with Crippen molar-refractivity contribution >= 4 is 5.76 Å². The number of rotatable bonds is 6. The second kappa shape index (κ2) is 8.54. The Morgan fingerprint density at radius 2 is 1.93 bits per heavy atom. The Hall–Kier alpha value is -1.39. The zero-order valence-corrected chi connectivity index (χ0v) is 18.3. The molecule has 2 atom stereocenters. The molecule has 2 aliphatic rings. The molecule has 28 heavy (non-hydrogen) atoms. The highest BCUT2D eigenvalue weighted by atomic mass is 16.5. The monoisotopic (exact) mass is 387 g/mol. The van der Waals surface area contributed by atoms with E-state index in [4.69, 9.17) is 14.5 Å². The first-order chi connectivity index (χ1) is 13.3. The Bertz CT molecular complexity index is 719. The number of aromatic nitrogens is 1. The van der Waals surface area contributed by atoms with Gasteiger partial charge in [-0.3, -0.25) is 4.98 Å². The normalized spacial score (nSPS) is 23.1. The van der Waals surface area contributed by atoms with Gasteiger partial charge in [-0.25, -0.2) is 0 Å². The van der Waals surface area contributed by atoms with Crippen LogP contribution < -0.4 is 0 Å². The van der Waals surface area contributed by atoms with Crippen LogP contribution in [0.1, 0.15) is 112 Å². The highest BCUT2D eigenvalue weighted by Crippen LogP contribution is 2.49. The predicted molar refractivity (Wildman–Crippen MR) is 113 cm³/mol. The van der Waals surface area contributed by atoms with Crippen LogP contribution in [0.2, 0.25) is 0 Å². The third-order valence-electron chi connectivity index (χ3n) is 6.46. The van der Waals surface area contributed by atoms with Gasteiger partial charge in [0.15, 0.2) is 0 Å². The van der Waals surface area contributed by atoms with Crippen molar-refractivity contribution in [2.75, 3.05) is 13.7 Å². The average Bonchev–Trinajstić information content (AvgIpc) is 2.65. The molecule has 1 aromatic rings. The van der Waals surface area contributed by atoms with Gasteiger partial charge in [0.05, 0.1) is 24.5 Å². The van der Waals surface area contributed by atoms with E-state index in [-0.39, 0.29) is 11.5 Å². The standard InChI is InChI=1S/C24H37NO3/c1-7-28-15(2)20-21(17-11-9-8-10-12-17)22-18(25-23(20)16(3)27-6)13-24(4,5)14-19(22)26/h16-17,19,26H,2,7-14H2,1,3-6H3/t16?,19-/m0/s1. The summed E-state index contributed by atoms with van der Waals surface area (Å²) >= 11 is 0. The van der Waals surface area contributed by atoms with Crippen LogP contribution in [-0.4, -0.2) is 23.8 Å². The van der Waals surface area contributed by atoms with Crippen molar-refractivity contribution in [2.24, 2.45) is 5.41 Å². The largest absolute Gasteiger partial charge is 0.494 e. The minimum atomic E-state index is -0.483. The van der Waals surface area contributed by atoms with Crippen LogP contribution in [0.3, 0.4) is 0 Å². The zero-order chi connectivity index (χ0) is 20.5. The van der Waals surface area contributed by atoms with E-state index in [9.17, 15) is 5.11 Å². The first kappa shape index (κ1) is 21.3. The lowest BCUT2D eigenvalue weighted by Gasteiger charge is -2.39. The van der Waals surface area contributed by atoms with Crippen LogP contribution >= 0.6 is 0 Å².